The van der Waals surface area contributed by atoms with Gasteiger partial charge in [-0.25, -0.2) is 4.68 Å². The van der Waals surface area contributed by atoms with Gasteiger partial charge >= 0.3 is 0 Å². The standard InChI is InChI=1S/C26H23N5O5S/c1-17-24(26(34)30(29(17)2)20-6-4-3-5-7-20)28-23(32)16-37-22-14-10-19(11-15-22)27-25(33)18-8-12-21(13-9-18)31(35)36/h3-15H,16H2,1-2H3,(H,27,33)(H,28,32). The van der Waals surface area contributed by atoms with E-state index < -0.39 is 10.8 Å². The van der Waals surface area contributed by atoms with Crippen molar-refractivity contribution in [1.82, 2.24) is 9.36 Å². The number of rotatable bonds is 8. The Bertz CT molecular complexity index is 1510. The van der Waals surface area contributed by atoms with Gasteiger partial charge in [-0.1, -0.05) is 18.2 Å². The van der Waals surface area contributed by atoms with E-state index in [0.29, 0.717) is 22.6 Å². The molecular weight excluding hydrogens is 494 g/mol. The third kappa shape index (κ3) is 5.78. The highest BCUT2D eigenvalue weighted by Gasteiger charge is 2.18. The van der Waals surface area contributed by atoms with E-state index in [2.05, 4.69) is 10.6 Å². The summed E-state index contributed by atoms with van der Waals surface area (Å²) in [5, 5.41) is 16.2. The molecule has 2 amide bonds. The summed E-state index contributed by atoms with van der Waals surface area (Å²) in [6, 6.07) is 21.4. The number of benzene rings is 3. The Kier molecular flexibility index (Phi) is 7.54. The summed E-state index contributed by atoms with van der Waals surface area (Å²) in [7, 11) is 1.76. The second kappa shape index (κ2) is 11.0. The van der Waals surface area contributed by atoms with Gasteiger partial charge in [-0.2, -0.15) is 0 Å². The van der Waals surface area contributed by atoms with Crippen LogP contribution in [0, 0.1) is 17.0 Å². The van der Waals surface area contributed by atoms with E-state index in [1.807, 2.05) is 30.3 Å². The number of carbonyl (C=O) groups is 2. The fraction of sp³-hybridized carbons (Fsp3) is 0.115. The minimum absolute atomic E-state index is 0.0909. The largest absolute Gasteiger partial charge is 0.322 e. The van der Waals surface area contributed by atoms with E-state index in [1.54, 1.807) is 42.9 Å². The van der Waals surface area contributed by atoms with Gasteiger partial charge in [0.15, 0.2) is 0 Å². The summed E-state index contributed by atoms with van der Waals surface area (Å²) in [6.45, 7) is 1.77. The first kappa shape index (κ1) is 25.5. The minimum atomic E-state index is -0.528. The van der Waals surface area contributed by atoms with Crippen molar-refractivity contribution < 1.29 is 14.5 Å². The Morgan fingerprint density at radius 3 is 2.22 bits per heavy atom. The number of nitro groups is 1. The van der Waals surface area contributed by atoms with Crippen LogP contribution in [0.4, 0.5) is 17.1 Å². The number of aromatic nitrogens is 2. The van der Waals surface area contributed by atoms with Crippen LogP contribution in [-0.2, 0) is 11.8 Å². The van der Waals surface area contributed by atoms with Gasteiger partial charge in [0.05, 0.1) is 22.1 Å². The summed E-state index contributed by atoms with van der Waals surface area (Å²) in [5.41, 5.74) is 2.01. The molecule has 0 spiro atoms. The predicted molar refractivity (Wildman–Crippen MR) is 143 cm³/mol. The van der Waals surface area contributed by atoms with Crippen molar-refractivity contribution in [2.24, 2.45) is 7.05 Å². The zero-order valence-corrected chi connectivity index (χ0v) is 20.8. The molecule has 0 aliphatic rings. The molecule has 0 aliphatic heterocycles. The first-order valence-electron chi connectivity index (χ1n) is 11.2. The highest BCUT2D eigenvalue weighted by Crippen LogP contribution is 2.22. The number of thioether (sulfide) groups is 1. The number of nitrogens with one attached hydrogen (secondary N) is 2. The number of carbonyl (C=O) groups excluding carboxylic acids is 2. The van der Waals surface area contributed by atoms with Crippen LogP contribution in [0.5, 0.6) is 0 Å². The number of nitrogens with zero attached hydrogens (tertiary/aromatic N) is 3. The third-order valence-electron chi connectivity index (χ3n) is 5.64. The summed E-state index contributed by atoms with van der Waals surface area (Å²) < 4.78 is 3.20. The molecule has 1 heterocycles. The molecule has 4 aromatic rings. The highest BCUT2D eigenvalue weighted by atomic mass is 32.2. The van der Waals surface area contributed by atoms with Crippen LogP contribution in [0.15, 0.2) is 88.6 Å². The van der Waals surface area contributed by atoms with Crippen molar-refractivity contribution in [2.45, 2.75) is 11.8 Å². The molecule has 0 saturated heterocycles. The lowest BCUT2D eigenvalue weighted by Crippen LogP contribution is -2.23. The molecule has 10 nitrogen and oxygen atoms in total. The molecule has 3 aromatic carbocycles. The highest BCUT2D eigenvalue weighted by molar-refractivity contribution is 8.00. The molecule has 0 saturated carbocycles. The maximum atomic E-state index is 13.0. The van der Waals surface area contributed by atoms with E-state index in [9.17, 15) is 24.5 Å². The predicted octanol–water partition coefficient (Wildman–Crippen LogP) is 4.38. The van der Waals surface area contributed by atoms with Gasteiger partial charge in [-0.3, -0.25) is 29.2 Å². The third-order valence-corrected chi connectivity index (χ3v) is 6.65. The second-order valence-corrected chi connectivity index (χ2v) is 9.10. The lowest BCUT2D eigenvalue weighted by atomic mass is 10.2. The van der Waals surface area contributed by atoms with Gasteiger partial charge in [0.25, 0.3) is 17.2 Å². The van der Waals surface area contributed by atoms with Crippen LogP contribution >= 0.6 is 11.8 Å². The normalized spacial score (nSPS) is 10.6. The molecule has 0 atom stereocenters. The van der Waals surface area contributed by atoms with Crippen molar-refractivity contribution in [3.63, 3.8) is 0 Å². The fourth-order valence-electron chi connectivity index (χ4n) is 3.61. The Labute approximate surface area is 216 Å². The van der Waals surface area contributed by atoms with Crippen LogP contribution in [0.3, 0.4) is 0 Å². The van der Waals surface area contributed by atoms with E-state index in [0.717, 1.165) is 4.90 Å². The van der Waals surface area contributed by atoms with Crippen molar-refractivity contribution in [1.29, 1.82) is 0 Å². The van der Waals surface area contributed by atoms with E-state index in [4.69, 9.17) is 0 Å². The monoisotopic (exact) mass is 517 g/mol. The Morgan fingerprint density at radius 1 is 0.946 bits per heavy atom. The van der Waals surface area contributed by atoms with Gasteiger partial charge in [0, 0.05) is 35.3 Å². The van der Waals surface area contributed by atoms with Crippen molar-refractivity contribution in [2.75, 3.05) is 16.4 Å². The molecule has 2 N–H and O–H groups in total. The quantitative estimate of drug-likeness (QED) is 0.203. The zero-order chi connectivity index (χ0) is 26.5. The number of anilines is 2. The number of para-hydroxylation sites is 1. The SMILES string of the molecule is Cc1c(NC(=O)CSc2ccc(NC(=O)c3ccc([N+](=O)[O-])cc3)cc2)c(=O)n(-c2ccccc2)n1C. The first-order chi connectivity index (χ1) is 17.7. The average Bonchev–Trinajstić information content (AvgIpc) is 3.11. The van der Waals surface area contributed by atoms with Crippen LogP contribution in [0.2, 0.25) is 0 Å². The minimum Gasteiger partial charge on any atom is -0.322 e. The smallest absolute Gasteiger partial charge is 0.295 e. The fourth-order valence-corrected chi connectivity index (χ4v) is 4.31. The summed E-state index contributed by atoms with van der Waals surface area (Å²) in [4.78, 5) is 48.9. The molecule has 37 heavy (non-hydrogen) atoms. The number of amides is 2. The van der Waals surface area contributed by atoms with Gasteiger partial charge in [0.2, 0.25) is 5.91 Å². The molecule has 0 bridgehead atoms. The molecule has 0 aliphatic carbocycles. The summed E-state index contributed by atoms with van der Waals surface area (Å²) >= 11 is 1.29. The van der Waals surface area contributed by atoms with Gasteiger partial charge in [-0.05, 0) is 55.5 Å². The maximum absolute atomic E-state index is 13.0. The van der Waals surface area contributed by atoms with Gasteiger partial charge in [0.1, 0.15) is 5.69 Å². The van der Waals surface area contributed by atoms with Gasteiger partial charge in [-0.15, -0.1) is 11.8 Å². The van der Waals surface area contributed by atoms with Crippen molar-refractivity contribution in [3.8, 4) is 5.69 Å². The van der Waals surface area contributed by atoms with Crippen molar-refractivity contribution >= 4 is 40.6 Å². The number of hydrogen-bond donors (Lipinski definition) is 2. The molecule has 4 rings (SSSR count). The van der Waals surface area contributed by atoms with Crippen LogP contribution in [-0.4, -0.2) is 31.9 Å². The molecule has 0 unspecified atom stereocenters. The second-order valence-electron chi connectivity index (χ2n) is 8.06. The van der Waals surface area contributed by atoms with Crippen LogP contribution < -0.4 is 16.2 Å². The van der Waals surface area contributed by atoms with Gasteiger partial charge < -0.3 is 10.6 Å². The topological polar surface area (TPSA) is 128 Å². The molecule has 1 aromatic heterocycles. The average molecular weight is 518 g/mol. The van der Waals surface area contributed by atoms with E-state index in [-0.39, 0.29) is 28.6 Å². The first-order valence-corrected chi connectivity index (χ1v) is 12.2. The molecule has 188 valence electrons. The molecule has 0 radical (unpaired) electrons. The molecule has 11 heteroatoms. The summed E-state index contributed by atoms with van der Waals surface area (Å²) in [6.07, 6.45) is 0. The Balaban J connectivity index is 1.35. The van der Waals surface area contributed by atoms with Crippen LogP contribution in [0.25, 0.3) is 5.69 Å². The van der Waals surface area contributed by atoms with E-state index in [1.165, 1.54) is 40.7 Å². The zero-order valence-electron chi connectivity index (χ0n) is 20.0. The summed E-state index contributed by atoms with van der Waals surface area (Å²) in [5.74, 6) is -0.617. The number of nitro benzene ring substituents is 1. The Morgan fingerprint density at radius 2 is 1.59 bits per heavy atom. The van der Waals surface area contributed by atoms with Crippen molar-refractivity contribution in [3.05, 3.63) is 111 Å². The maximum Gasteiger partial charge on any atom is 0.295 e. The van der Waals surface area contributed by atoms with Crippen LogP contribution in [0.1, 0.15) is 16.1 Å². The number of non-ortho nitro benzene ring substituents is 1. The molecule has 0 fully saturated rings. The lowest BCUT2D eigenvalue weighted by Gasteiger charge is -2.07. The van der Waals surface area contributed by atoms with E-state index >= 15 is 0 Å². The molecular formula is C26H23N5O5S. The lowest BCUT2D eigenvalue weighted by molar-refractivity contribution is -0.384. The Hall–Kier alpha value is -4.64. The number of hydrogen-bond acceptors (Lipinski definition) is 6.